The summed E-state index contributed by atoms with van der Waals surface area (Å²) in [4.78, 5) is 12.4. The van der Waals surface area contributed by atoms with Gasteiger partial charge in [-0.3, -0.25) is 0 Å². The van der Waals surface area contributed by atoms with Gasteiger partial charge in [0.2, 0.25) is 11.9 Å². The third kappa shape index (κ3) is 4.84. The molecule has 0 saturated carbocycles. The lowest BCUT2D eigenvalue weighted by Gasteiger charge is -2.18. The second kappa shape index (κ2) is 5.65. The van der Waals surface area contributed by atoms with Gasteiger partial charge in [0.1, 0.15) is 0 Å². The van der Waals surface area contributed by atoms with Gasteiger partial charge in [-0.15, -0.1) is 0 Å². The summed E-state index contributed by atoms with van der Waals surface area (Å²) in [6.45, 7) is 7.41. The topological polar surface area (TPSA) is 72.0 Å². The maximum atomic E-state index is 5.00. The Balaban J connectivity index is 2.64. The molecule has 0 amide bonds. The van der Waals surface area contributed by atoms with E-state index in [4.69, 9.17) is 4.74 Å². The summed E-state index contributed by atoms with van der Waals surface area (Å²) >= 11 is 0. The highest BCUT2D eigenvalue weighted by Gasteiger charge is 2.10. The Hall–Kier alpha value is -1.59. The van der Waals surface area contributed by atoms with E-state index in [0.29, 0.717) is 17.9 Å². The fourth-order valence-corrected chi connectivity index (χ4v) is 1.19. The average molecular weight is 239 g/mol. The maximum absolute atomic E-state index is 5.00. The molecule has 0 fully saturated rings. The zero-order valence-corrected chi connectivity index (χ0v) is 11.2. The second-order valence-corrected chi connectivity index (χ2v) is 4.96. The molecule has 0 saturated heterocycles. The van der Waals surface area contributed by atoms with Crippen LogP contribution in [0.2, 0.25) is 0 Å². The quantitative estimate of drug-likeness (QED) is 0.816. The highest BCUT2D eigenvalue weighted by molar-refractivity contribution is 5.35. The lowest BCUT2D eigenvalue weighted by atomic mass is 9.92. The molecule has 0 aliphatic rings. The highest BCUT2D eigenvalue weighted by Crippen LogP contribution is 2.18. The van der Waals surface area contributed by atoms with Crippen molar-refractivity contribution in [2.24, 2.45) is 5.41 Å². The first-order valence-corrected chi connectivity index (χ1v) is 5.66. The van der Waals surface area contributed by atoms with Crippen LogP contribution in [0.25, 0.3) is 0 Å². The summed E-state index contributed by atoms with van der Waals surface area (Å²) in [5, 5.41) is 6.03. The molecule has 1 aromatic rings. The monoisotopic (exact) mass is 239 g/mol. The minimum atomic E-state index is 0.288. The van der Waals surface area contributed by atoms with Gasteiger partial charge in [0, 0.05) is 13.6 Å². The summed E-state index contributed by atoms with van der Waals surface area (Å²) in [7, 11) is 3.29. The van der Waals surface area contributed by atoms with Gasteiger partial charge in [-0.05, 0) is 11.8 Å². The van der Waals surface area contributed by atoms with Gasteiger partial charge < -0.3 is 15.4 Å². The van der Waals surface area contributed by atoms with Gasteiger partial charge in [-0.1, -0.05) is 20.8 Å². The van der Waals surface area contributed by atoms with Crippen LogP contribution >= 0.6 is 0 Å². The molecule has 96 valence electrons. The van der Waals surface area contributed by atoms with E-state index in [0.717, 1.165) is 13.0 Å². The molecule has 17 heavy (non-hydrogen) atoms. The van der Waals surface area contributed by atoms with E-state index >= 15 is 0 Å². The summed E-state index contributed by atoms with van der Waals surface area (Å²) in [6.07, 6.45) is 1.04. The van der Waals surface area contributed by atoms with Gasteiger partial charge in [0.05, 0.1) is 7.11 Å². The molecule has 0 aromatic carbocycles. The van der Waals surface area contributed by atoms with Crippen molar-refractivity contribution in [1.29, 1.82) is 0 Å². The lowest BCUT2D eigenvalue weighted by Crippen LogP contribution is -2.15. The van der Waals surface area contributed by atoms with E-state index < -0.39 is 0 Å². The molecule has 6 nitrogen and oxygen atoms in total. The number of nitrogens with zero attached hydrogens (tertiary/aromatic N) is 3. The first-order chi connectivity index (χ1) is 7.94. The van der Waals surface area contributed by atoms with Crippen LogP contribution < -0.4 is 15.4 Å². The van der Waals surface area contributed by atoms with Crippen molar-refractivity contribution in [3.05, 3.63) is 0 Å². The Kier molecular flexibility index (Phi) is 4.48. The van der Waals surface area contributed by atoms with Gasteiger partial charge in [-0.2, -0.15) is 15.0 Å². The molecule has 2 N–H and O–H groups in total. The fraction of sp³-hybridized carbons (Fsp3) is 0.727. The zero-order valence-electron chi connectivity index (χ0n) is 11.2. The predicted molar refractivity (Wildman–Crippen MR) is 68.5 cm³/mol. The largest absolute Gasteiger partial charge is 0.467 e. The molecule has 1 rings (SSSR count). The highest BCUT2D eigenvalue weighted by atomic mass is 16.5. The van der Waals surface area contributed by atoms with E-state index in [-0.39, 0.29) is 5.41 Å². The summed E-state index contributed by atoms with van der Waals surface area (Å²) in [5.41, 5.74) is 0.288. The van der Waals surface area contributed by atoms with Crippen LogP contribution in [0.1, 0.15) is 27.2 Å². The van der Waals surface area contributed by atoms with E-state index in [1.54, 1.807) is 7.05 Å². The first-order valence-electron chi connectivity index (χ1n) is 5.66. The molecule has 0 aliphatic carbocycles. The van der Waals surface area contributed by atoms with Crippen molar-refractivity contribution in [1.82, 2.24) is 15.0 Å². The molecule has 0 radical (unpaired) electrons. The van der Waals surface area contributed by atoms with E-state index in [1.165, 1.54) is 7.11 Å². The van der Waals surface area contributed by atoms with Gasteiger partial charge in [0.25, 0.3) is 0 Å². The number of nitrogens with one attached hydrogen (secondary N) is 2. The Morgan fingerprint density at radius 3 is 2.29 bits per heavy atom. The van der Waals surface area contributed by atoms with Crippen LogP contribution in [-0.2, 0) is 0 Å². The second-order valence-electron chi connectivity index (χ2n) is 4.96. The summed E-state index contributed by atoms with van der Waals surface area (Å²) < 4.78 is 5.00. The minimum absolute atomic E-state index is 0.288. The number of ether oxygens (including phenoxy) is 1. The number of methoxy groups -OCH3 is 1. The standard InChI is InChI=1S/C11H21N5O/c1-11(2,3)6-7-13-9-14-8(12-4)15-10(16-9)17-5/h6-7H2,1-5H3,(H2,12,13,14,15,16). The molecular weight excluding hydrogens is 218 g/mol. The summed E-state index contributed by atoms with van der Waals surface area (Å²) in [5.74, 6) is 1.03. The van der Waals surface area contributed by atoms with Crippen molar-refractivity contribution >= 4 is 11.9 Å². The predicted octanol–water partition coefficient (Wildman–Crippen LogP) is 1.77. The zero-order chi connectivity index (χ0) is 12.9. The molecular formula is C11H21N5O. The summed E-state index contributed by atoms with van der Waals surface area (Å²) in [6, 6.07) is 0.308. The Labute approximate surface area is 102 Å². The molecule has 0 atom stereocenters. The number of anilines is 2. The van der Waals surface area contributed by atoms with E-state index in [9.17, 15) is 0 Å². The fourth-order valence-electron chi connectivity index (χ4n) is 1.19. The maximum Gasteiger partial charge on any atom is 0.322 e. The molecule has 0 bridgehead atoms. The van der Waals surface area contributed by atoms with E-state index in [1.807, 2.05) is 0 Å². The first kappa shape index (κ1) is 13.5. The SMILES string of the molecule is CNc1nc(NCCC(C)(C)C)nc(OC)n1. The van der Waals surface area contributed by atoms with Gasteiger partial charge in [-0.25, -0.2) is 0 Å². The van der Waals surface area contributed by atoms with Crippen LogP contribution in [0, 0.1) is 5.41 Å². The van der Waals surface area contributed by atoms with Gasteiger partial charge in [0.15, 0.2) is 0 Å². The minimum Gasteiger partial charge on any atom is -0.467 e. The van der Waals surface area contributed by atoms with Gasteiger partial charge >= 0.3 is 6.01 Å². The molecule has 0 spiro atoms. The molecule has 6 heteroatoms. The Bertz CT molecular complexity index is 339. The smallest absolute Gasteiger partial charge is 0.322 e. The number of hydrogen-bond donors (Lipinski definition) is 2. The van der Waals surface area contributed by atoms with Crippen LogP contribution in [-0.4, -0.2) is 35.7 Å². The van der Waals surface area contributed by atoms with Crippen LogP contribution in [0.15, 0.2) is 0 Å². The molecule has 0 unspecified atom stereocenters. The van der Waals surface area contributed by atoms with Crippen molar-refractivity contribution in [2.45, 2.75) is 27.2 Å². The third-order valence-corrected chi connectivity index (χ3v) is 2.18. The lowest BCUT2D eigenvalue weighted by molar-refractivity contribution is 0.378. The van der Waals surface area contributed by atoms with Crippen LogP contribution in [0.5, 0.6) is 6.01 Å². The van der Waals surface area contributed by atoms with Crippen LogP contribution in [0.4, 0.5) is 11.9 Å². The number of rotatable bonds is 5. The van der Waals surface area contributed by atoms with Crippen LogP contribution in [0.3, 0.4) is 0 Å². The normalized spacial score (nSPS) is 11.1. The Morgan fingerprint density at radius 1 is 1.12 bits per heavy atom. The molecule has 1 aromatic heterocycles. The van der Waals surface area contributed by atoms with Crippen molar-refractivity contribution in [3.8, 4) is 6.01 Å². The number of hydrogen-bond acceptors (Lipinski definition) is 6. The molecule has 1 heterocycles. The third-order valence-electron chi connectivity index (χ3n) is 2.18. The van der Waals surface area contributed by atoms with Crippen molar-refractivity contribution in [3.63, 3.8) is 0 Å². The Morgan fingerprint density at radius 2 is 1.76 bits per heavy atom. The van der Waals surface area contributed by atoms with Crippen molar-refractivity contribution < 1.29 is 4.74 Å². The average Bonchev–Trinajstić information content (AvgIpc) is 2.26. The molecule has 0 aliphatic heterocycles. The van der Waals surface area contributed by atoms with E-state index in [2.05, 4.69) is 46.4 Å². The van der Waals surface area contributed by atoms with Crippen molar-refractivity contribution in [2.75, 3.05) is 31.3 Å². The number of aromatic nitrogens is 3.